The fourth-order valence-corrected chi connectivity index (χ4v) is 2.60. The highest BCUT2D eigenvalue weighted by atomic mass is 35.5. The van der Waals surface area contributed by atoms with E-state index >= 15 is 0 Å². The van der Waals surface area contributed by atoms with Crippen molar-refractivity contribution >= 4 is 35.1 Å². The zero-order valence-electron chi connectivity index (χ0n) is 14.5. The SMILES string of the molecule is CCCCCCOC(=O)c1cccc(C(=O)Oc2cccc(Cl)c2Cl)c1. The third-order valence-corrected chi connectivity index (χ3v) is 4.49. The van der Waals surface area contributed by atoms with Crippen LogP contribution in [0.4, 0.5) is 0 Å². The lowest BCUT2D eigenvalue weighted by atomic mass is 10.1. The van der Waals surface area contributed by atoms with Crippen molar-refractivity contribution in [1.82, 2.24) is 0 Å². The highest BCUT2D eigenvalue weighted by Crippen LogP contribution is 2.32. The minimum Gasteiger partial charge on any atom is -0.462 e. The molecule has 2 aromatic rings. The lowest BCUT2D eigenvalue weighted by Crippen LogP contribution is -2.11. The van der Waals surface area contributed by atoms with Crippen molar-refractivity contribution in [3.8, 4) is 5.75 Å². The van der Waals surface area contributed by atoms with Crippen molar-refractivity contribution in [1.29, 1.82) is 0 Å². The van der Waals surface area contributed by atoms with Gasteiger partial charge in [-0.25, -0.2) is 9.59 Å². The summed E-state index contributed by atoms with van der Waals surface area (Å²) in [6.07, 6.45) is 4.09. The highest BCUT2D eigenvalue weighted by Gasteiger charge is 2.15. The molecule has 0 unspecified atom stereocenters. The summed E-state index contributed by atoms with van der Waals surface area (Å²) in [5.41, 5.74) is 0.522. The second-order valence-electron chi connectivity index (χ2n) is 5.72. The summed E-state index contributed by atoms with van der Waals surface area (Å²) in [6.45, 7) is 2.48. The summed E-state index contributed by atoms with van der Waals surface area (Å²) in [5.74, 6) is -0.934. The molecule has 26 heavy (non-hydrogen) atoms. The number of carbonyl (C=O) groups excluding carboxylic acids is 2. The first-order valence-corrected chi connectivity index (χ1v) is 9.22. The topological polar surface area (TPSA) is 52.6 Å². The monoisotopic (exact) mass is 394 g/mol. The van der Waals surface area contributed by atoms with Gasteiger partial charge in [-0.15, -0.1) is 0 Å². The van der Waals surface area contributed by atoms with E-state index in [-0.39, 0.29) is 21.4 Å². The van der Waals surface area contributed by atoms with E-state index in [1.54, 1.807) is 36.4 Å². The Kier molecular flexibility index (Phi) is 7.95. The molecule has 0 heterocycles. The lowest BCUT2D eigenvalue weighted by molar-refractivity contribution is 0.0498. The molecular weight excluding hydrogens is 375 g/mol. The molecule has 0 aliphatic heterocycles. The molecule has 0 aromatic heterocycles. The number of rotatable bonds is 8. The first-order valence-electron chi connectivity index (χ1n) is 8.46. The third-order valence-electron chi connectivity index (χ3n) is 3.68. The van der Waals surface area contributed by atoms with Gasteiger partial charge in [0.1, 0.15) is 5.02 Å². The Balaban J connectivity index is 2.00. The molecule has 4 nitrogen and oxygen atoms in total. The van der Waals surface area contributed by atoms with Crippen LogP contribution in [0.5, 0.6) is 5.75 Å². The number of halogens is 2. The van der Waals surface area contributed by atoms with Gasteiger partial charge in [-0.05, 0) is 36.8 Å². The van der Waals surface area contributed by atoms with Crippen LogP contribution in [0.1, 0.15) is 53.3 Å². The molecular formula is C20H20Cl2O4. The molecule has 0 radical (unpaired) electrons. The van der Waals surface area contributed by atoms with Crippen LogP contribution in [0.3, 0.4) is 0 Å². The number of hydrogen-bond donors (Lipinski definition) is 0. The van der Waals surface area contributed by atoms with Gasteiger partial charge in [-0.3, -0.25) is 0 Å². The van der Waals surface area contributed by atoms with Crippen LogP contribution in [-0.4, -0.2) is 18.5 Å². The average molecular weight is 395 g/mol. The maximum atomic E-state index is 12.3. The molecule has 0 saturated heterocycles. The lowest BCUT2D eigenvalue weighted by Gasteiger charge is -2.08. The quantitative estimate of drug-likeness (QED) is 0.315. The maximum absolute atomic E-state index is 12.3. The molecule has 0 bridgehead atoms. The predicted molar refractivity (Wildman–Crippen MR) is 102 cm³/mol. The summed E-state index contributed by atoms with van der Waals surface area (Å²) in [4.78, 5) is 24.4. The van der Waals surface area contributed by atoms with E-state index in [9.17, 15) is 9.59 Å². The Labute approximate surface area is 163 Å². The highest BCUT2D eigenvalue weighted by molar-refractivity contribution is 6.43. The number of unbranched alkanes of at least 4 members (excludes halogenated alkanes) is 3. The first kappa shape index (κ1) is 20.3. The normalized spacial score (nSPS) is 10.4. The van der Waals surface area contributed by atoms with E-state index in [1.165, 1.54) is 6.07 Å². The van der Waals surface area contributed by atoms with Gasteiger partial charge in [0.25, 0.3) is 0 Å². The second kappa shape index (κ2) is 10.2. The van der Waals surface area contributed by atoms with Crippen molar-refractivity contribution in [2.75, 3.05) is 6.61 Å². The molecule has 0 N–H and O–H groups in total. The van der Waals surface area contributed by atoms with Gasteiger partial charge < -0.3 is 9.47 Å². The molecule has 0 aliphatic rings. The number of ether oxygens (including phenoxy) is 2. The molecule has 0 fully saturated rings. The van der Waals surface area contributed by atoms with Gasteiger partial charge >= 0.3 is 11.9 Å². The summed E-state index contributed by atoms with van der Waals surface area (Å²) in [6, 6.07) is 11.0. The van der Waals surface area contributed by atoms with Crippen LogP contribution in [-0.2, 0) is 4.74 Å². The van der Waals surface area contributed by atoms with E-state index in [2.05, 4.69) is 6.92 Å². The van der Waals surface area contributed by atoms with Gasteiger partial charge in [0.15, 0.2) is 5.75 Å². The fourth-order valence-electron chi connectivity index (χ4n) is 2.27. The van der Waals surface area contributed by atoms with E-state index < -0.39 is 11.9 Å². The van der Waals surface area contributed by atoms with Crippen molar-refractivity contribution < 1.29 is 19.1 Å². The minimum atomic E-state index is -0.633. The van der Waals surface area contributed by atoms with Gasteiger partial charge in [-0.1, -0.05) is 61.5 Å². The Morgan fingerprint density at radius 2 is 1.62 bits per heavy atom. The van der Waals surface area contributed by atoms with E-state index in [4.69, 9.17) is 32.7 Å². The van der Waals surface area contributed by atoms with Crippen molar-refractivity contribution in [2.45, 2.75) is 32.6 Å². The Hall–Kier alpha value is -2.04. The number of carbonyl (C=O) groups is 2. The smallest absolute Gasteiger partial charge is 0.343 e. The van der Waals surface area contributed by atoms with Gasteiger partial charge in [0, 0.05) is 0 Å². The molecule has 0 amide bonds. The van der Waals surface area contributed by atoms with Crippen LogP contribution in [0.2, 0.25) is 10.0 Å². The Bertz CT molecular complexity index is 774. The van der Waals surface area contributed by atoms with Crippen LogP contribution in [0.25, 0.3) is 0 Å². The Morgan fingerprint density at radius 3 is 2.35 bits per heavy atom. The molecule has 0 aliphatic carbocycles. The van der Waals surface area contributed by atoms with Crippen molar-refractivity contribution in [2.24, 2.45) is 0 Å². The minimum absolute atomic E-state index is 0.158. The molecule has 0 spiro atoms. The standard InChI is InChI=1S/C20H20Cl2O4/c1-2-3-4-5-12-25-19(23)14-8-6-9-15(13-14)20(24)26-17-11-7-10-16(21)18(17)22/h6-11,13H,2-5,12H2,1H3. The molecule has 138 valence electrons. The van der Waals surface area contributed by atoms with Crippen LogP contribution in [0.15, 0.2) is 42.5 Å². The number of benzene rings is 2. The van der Waals surface area contributed by atoms with Crippen LogP contribution >= 0.6 is 23.2 Å². The van der Waals surface area contributed by atoms with Crippen LogP contribution in [0, 0.1) is 0 Å². The molecule has 2 aromatic carbocycles. The predicted octanol–water partition coefficient (Wildman–Crippen LogP) is 5.95. The molecule has 2 rings (SSSR count). The van der Waals surface area contributed by atoms with Gasteiger partial charge in [-0.2, -0.15) is 0 Å². The Morgan fingerprint density at radius 1 is 0.923 bits per heavy atom. The second-order valence-corrected chi connectivity index (χ2v) is 6.50. The first-order chi connectivity index (χ1) is 12.5. The summed E-state index contributed by atoms with van der Waals surface area (Å²) >= 11 is 11.9. The largest absolute Gasteiger partial charge is 0.462 e. The molecule has 6 heteroatoms. The van der Waals surface area contributed by atoms with E-state index in [1.807, 2.05) is 0 Å². The van der Waals surface area contributed by atoms with Gasteiger partial charge in [0.05, 0.1) is 22.8 Å². The van der Waals surface area contributed by atoms with E-state index in [0.717, 1.165) is 25.7 Å². The molecule has 0 atom stereocenters. The average Bonchev–Trinajstić information content (AvgIpc) is 2.65. The van der Waals surface area contributed by atoms with E-state index in [0.29, 0.717) is 12.2 Å². The van der Waals surface area contributed by atoms with Gasteiger partial charge in [0.2, 0.25) is 0 Å². The molecule has 0 saturated carbocycles. The third kappa shape index (κ3) is 5.75. The van der Waals surface area contributed by atoms with Crippen LogP contribution < -0.4 is 4.74 Å². The zero-order valence-corrected chi connectivity index (χ0v) is 16.0. The van der Waals surface area contributed by atoms with Crippen molar-refractivity contribution in [3.05, 3.63) is 63.6 Å². The number of hydrogen-bond acceptors (Lipinski definition) is 4. The number of esters is 2. The van der Waals surface area contributed by atoms with Crippen molar-refractivity contribution in [3.63, 3.8) is 0 Å². The maximum Gasteiger partial charge on any atom is 0.343 e. The summed E-state index contributed by atoms with van der Waals surface area (Å²) in [5, 5.41) is 0.447. The summed E-state index contributed by atoms with van der Waals surface area (Å²) < 4.78 is 10.5. The zero-order chi connectivity index (χ0) is 18.9. The summed E-state index contributed by atoms with van der Waals surface area (Å²) in [7, 11) is 0. The fraction of sp³-hybridized carbons (Fsp3) is 0.300.